The maximum absolute atomic E-state index is 5.51. The van der Waals surface area contributed by atoms with E-state index >= 15 is 0 Å². The summed E-state index contributed by atoms with van der Waals surface area (Å²) in [4.78, 5) is 11.6. The van der Waals surface area contributed by atoms with Gasteiger partial charge in [0.15, 0.2) is 5.96 Å². The minimum atomic E-state index is 0.504. The van der Waals surface area contributed by atoms with Crippen LogP contribution in [0.25, 0.3) is 0 Å². The molecule has 0 saturated carbocycles. The Bertz CT molecular complexity index is 566. The fourth-order valence-corrected chi connectivity index (χ4v) is 4.16. The van der Waals surface area contributed by atoms with Crippen LogP contribution in [0.1, 0.15) is 50.7 Å². The molecular formula is C20H37N5OS. The highest BCUT2D eigenvalue weighted by atomic mass is 32.1. The first-order chi connectivity index (χ1) is 13.0. The van der Waals surface area contributed by atoms with Crippen LogP contribution in [0.3, 0.4) is 0 Å². The molecule has 2 rings (SSSR count). The normalized spacial score (nSPS) is 17.5. The third-order valence-corrected chi connectivity index (χ3v) is 5.97. The molecule has 1 aliphatic heterocycles. The zero-order chi connectivity index (χ0) is 19.6. The molecule has 2 heterocycles. The van der Waals surface area contributed by atoms with Gasteiger partial charge in [-0.2, -0.15) is 0 Å². The SMILES string of the molecule is CN=C(NCCc1csc(C(C)C)n1)NCC(CC(C)C)N1CCOCC1. The van der Waals surface area contributed by atoms with E-state index in [9.17, 15) is 0 Å². The van der Waals surface area contributed by atoms with Crippen LogP contribution >= 0.6 is 11.3 Å². The second-order valence-electron chi connectivity index (χ2n) is 7.89. The van der Waals surface area contributed by atoms with Crippen LogP contribution in [0.4, 0.5) is 0 Å². The molecule has 6 nitrogen and oxygen atoms in total. The van der Waals surface area contributed by atoms with Crippen LogP contribution in [0.5, 0.6) is 0 Å². The molecule has 1 saturated heterocycles. The Morgan fingerprint density at radius 1 is 1.26 bits per heavy atom. The first-order valence-corrected chi connectivity index (χ1v) is 11.1. The molecule has 1 aromatic heterocycles. The number of ether oxygens (including phenoxy) is 1. The van der Waals surface area contributed by atoms with Gasteiger partial charge < -0.3 is 15.4 Å². The molecule has 0 amide bonds. The van der Waals surface area contributed by atoms with E-state index in [-0.39, 0.29) is 0 Å². The van der Waals surface area contributed by atoms with Crippen LogP contribution in [0.15, 0.2) is 10.4 Å². The van der Waals surface area contributed by atoms with E-state index in [2.05, 4.69) is 53.6 Å². The van der Waals surface area contributed by atoms with Gasteiger partial charge in [0.05, 0.1) is 23.9 Å². The molecule has 154 valence electrons. The monoisotopic (exact) mass is 395 g/mol. The van der Waals surface area contributed by atoms with Gasteiger partial charge in [-0.25, -0.2) is 4.98 Å². The van der Waals surface area contributed by atoms with E-state index in [4.69, 9.17) is 9.72 Å². The summed E-state index contributed by atoms with van der Waals surface area (Å²) in [6, 6.07) is 0.514. The Balaban J connectivity index is 1.78. The second-order valence-corrected chi connectivity index (χ2v) is 8.78. The zero-order valence-corrected chi connectivity index (χ0v) is 18.4. The second kappa shape index (κ2) is 11.6. The van der Waals surface area contributed by atoms with E-state index in [1.165, 1.54) is 11.4 Å². The van der Waals surface area contributed by atoms with E-state index < -0.39 is 0 Å². The fourth-order valence-electron chi connectivity index (χ4n) is 3.29. The fraction of sp³-hybridized carbons (Fsp3) is 0.800. The van der Waals surface area contributed by atoms with Crippen molar-refractivity contribution in [3.8, 4) is 0 Å². The Morgan fingerprint density at radius 2 is 2.00 bits per heavy atom. The van der Waals surface area contributed by atoms with Gasteiger partial charge in [-0.05, 0) is 12.3 Å². The number of hydrogen-bond donors (Lipinski definition) is 2. The molecule has 1 aliphatic rings. The molecule has 2 N–H and O–H groups in total. The van der Waals surface area contributed by atoms with Gasteiger partial charge >= 0.3 is 0 Å². The van der Waals surface area contributed by atoms with Crippen molar-refractivity contribution in [2.24, 2.45) is 10.9 Å². The molecule has 1 atom stereocenters. The maximum atomic E-state index is 5.51. The van der Waals surface area contributed by atoms with Crippen molar-refractivity contribution in [3.05, 3.63) is 16.1 Å². The highest BCUT2D eigenvalue weighted by molar-refractivity contribution is 7.09. The third-order valence-electron chi connectivity index (χ3n) is 4.77. The predicted molar refractivity (Wildman–Crippen MR) is 115 cm³/mol. The minimum absolute atomic E-state index is 0.504. The van der Waals surface area contributed by atoms with Gasteiger partial charge in [0.2, 0.25) is 0 Å². The van der Waals surface area contributed by atoms with Crippen LogP contribution < -0.4 is 10.6 Å². The molecule has 1 unspecified atom stereocenters. The summed E-state index contributed by atoms with van der Waals surface area (Å²) in [7, 11) is 1.83. The quantitative estimate of drug-likeness (QED) is 0.497. The van der Waals surface area contributed by atoms with Gasteiger partial charge in [-0.3, -0.25) is 9.89 Å². The molecule has 0 spiro atoms. The third kappa shape index (κ3) is 7.76. The average molecular weight is 396 g/mol. The lowest BCUT2D eigenvalue weighted by atomic mass is 10.0. The van der Waals surface area contributed by atoms with Gasteiger partial charge in [-0.1, -0.05) is 27.7 Å². The molecule has 0 bridgehead atoms. The summed E-state index contributed by atoms with van der Waals surface area (Å²) >= 11 is 1.76. The summed E-state index contributed by atoms with van der Waals surface area (Å²) in [5.41, 5.74) is 1.16. The van der Waals surface area contributed by atoms with E-state index in [1.807, 2.05) is 7.05 Å². The number of morpholine rings is 1. The Morgan fingerprint density at radius 3 is 2.59 bits per heavy atom. The Kier molecular flexibility index (Phi) is 9.51. The van der Waals surface area contributed by atoms with Gasteiger partial charge in [-0.15, -0.1) is 11.3 Å². The number of nitrogens with one attached hydrogen (secondary N) is 2. The van der Waals surface area contributed by atoms with E-state index in [1.54, 1.807) is 11.3 Å². The largest absolute Gasteiger partial charge is 0.379 e. The number of aliphatic imine (C=N–C) groups is 1. The highest BCUT2D eigenvalue weighted by Gasteiger charge is 2.22. The Hall–Kier alpha value is -1.18. The lowest BCUT2D eigenvalue weighted by molar-refractivity contribution is 0.0132. The molecular weight excluding hydrogens is 358 g/mol. The molecule has 0 aromatic carbocycles. The Labute approximate surface area is 168 Å². The van der Waals surface area contributed by atoms with Crippen LogP contribution in [-0.4, -0.2) is 68.3 Å². The average Bonchev–Trinajstić information content (AvgIpc) is 3.13. The predicted octanol–water partition coefficient (Wildman–Crippen LogP) is 2.72. The van der Waals surface area contributed by atoms with Crippen molar-refractivity contribution in [1.29, 1.82) is 0 Å². The first kappa shape index (κ1) is 22.1. The summed E-state index contributed by atoms with van der Waals surface area (Å²) in [6.07, 6.45) is 2.10. The van der Waals surface area contributed by atoms with Crippen LogP contribution in [0, 0.1) is 5.92 Å². The van der Waals surface area contributed by atoms with Gasteiger partial charge in [0.1, 0.15) is 0 Å². The van der Waals surface area contributed by atoms with E-state index in [0.29, 0.717) is 17.9 Å². The van der Waals surface area contributed by atoms with Crippen LogP contribution in [0.2, 0.25) is 0 Å². The van der Waals surface area contributed by atoms with Crippen LogP contribution in [-0.2, 0) is 11.2 Å². The number of aromatic nitrogens is 1. The topological polar surface area (TPSA) is 61.8 Å². The molecule has 0 radical (unpaired) electrons. The number of thiazole rings is 1. The van der Waals surface area contributed by atoms with Crippen molar-refractivity contribution in [2.45, 2.75) is 52.5 Å². The summed E-state index contributed by atoms with van der Waals surface area (Å²) in [6.45, 7) is 14.4. The number of nitrogens with zero attached hydrogens (tertiary/aromatic N) is 3. The molecule has 1 aromatic rings. The summed E-state index contributed by atoms with van der Waals surface area (Å²) in [5.74, 6) is 2.05. The summed E-state index contributed by atoms with van der Waals surface area (Å²) < 4.78 is 5.51. The van der Waals surface area contributed by atoms with Crippen molar-refractivity contribution in [2.75, 3.05) is 46.4 Å². The molecule has 1 fully saturated rings. The lowest BCUT2D eigenvalue weighted by Crippen LogP contribution is -2.51. The summed E-state index contributed by atoms with van der Waals surface area (Å²) in [5, 5.41) is 10.3. The van der Waals surface area contributed by atoms with E-state index in [0.717, 1.165) is 57.5 Å². The first-order valence-electron chi connectivity index (χ1n) is 10.2. The van der Waals surface area contributed by atoms with Crippen molar-refractivity contribution in [1.82, 2.24) is 20.5 Å². The van der Waals surface area contributed by atoms with Crippen molar-refractivity contribution in [3.63, 3.8) is 0 Å². The minimum Gasteiger partial charge on any atom is -0.379 e. The highest BCUT2D eigenvalue weighted by Crippen LogP contribution is 2.19. The van der Waals surface area contributed by atoms with Crippen molar-refractivity contribution >= 4 is 17.3 Å². The molecule has 0 aliphatic carbocycles. The number of rotatable bonds is 9. The molecule has 27 heavy (non-hydrogen) atoms. The smallest absolute Gasteiger partial charge is 0.191 e. The van der Waals surface area contributed by atoms with Crippen molar-refractivity contribution < 1.29 is 4.74 Å². The number of hydrogen-bond acceptors (Lipinski definition) is 5. The lowest BCUT2D eigenvalue weighted by Gasteiger charge is -2.35. The van der Waals surface area contributed by atoms with Gasteiger partial charge in [0.25, 0.3) is 0 Å². The zero-order valence-electron chi connectivity index (χ0n) is 17.6. The molecule has 7 heteroatoms. The standard InChI is InChI=1S/C20H37N5OS/c1-15(2)12-18(25-8-10-26-11-9-25)13-23-20(21-5)22-7-6-17-14-27-19(24-17)16(3)4/h14-16,18H,6-13H2,1-5H3,(H2,21,22,23). The number of guanidine groups is 1. The van der Waals surface area contributed by atoms with Gasteiger partial charge in [0, 0.05) is 57.0 Å². The maximum Gasteiger partial charge on any atom is 0.191 e.